The Hall–Kier alpha value is -2.15. The van der Waals surface area contributed by atoms with E-state index in [0.29, 0.717) is 47.7 Å². The molecule has 2 aromatic rings. The Balaban J connectivity index is 1.80. The fourth-order valence-electron chi connectivity index (χ4n) is 3.12. The van der Waals surface area contributed by atoms with Gasteiger partial charge in [0.2, 0.25) is 6.79 Å². The molecule has 27 heavy (non-hydrogen) atoms. The highest BCUT2D eigenvalue weighted by Gasteiger charge is 2.19. The van der Waals surface area contributed by atoms with Crippen LogP contribution < -0.4 is 18.9 Å². The molecule has 0 fully saturated rings. The number of halogens is 1. The van der Waals surface area contributed by atoms with Gasteiger partial charge in [-0.15, -0.1) is 0 Å². The van der Waals surface area contributed by atoms with Crippen LogP contribution in [0, 0.1) is 0 Å². The number of hydrogen-bond acceptors (Lipinski definition) is 6. The highest BCUT2D eigenvalue weighted by molar-refractivity contribution is 6.31. The predicted octanol–water partition coefficient (Wildman–Crippen LogP) is 3.47. The van der Waals surface area contributed by atoms with Crippen LogP contribution in [0.15, 0.2) is 30.3 Å². The Morgan fingerprint density at radius 1 is 1.07 bits per heavy atom. The zero-order chi connectivity index (χ0) is 19.4. The van der Waals surface area contributed by atoms with Crippen LogP contribution in [0.3, 0.4) is 0 Å². The summed E-state index contributed by atoms with van der Waals surface area (Å²) in [6, 6.07) is 9.47. The van der Waals surface area contributed by atoms with E-state index in [2.05, 4.69) is 4.90 Å². The summed E-state index contributed by atoms with van der Waals surface area (Å²) in [5, 5.41) is 10.5. The first-order valence-electron chi connectivity index (χ1n) is 8.69. The molecule has 1 heterocycles. The number of benzene rings is 2. The molecule has 7 heteroatoms. The molecule has 146 valence electrons. The molecule has 2 aromatic carbocycles. The van der Waals surface area contributed by atoms with Gasteiger partial charge in [0, 0.05) is 30.7 Å². The number of ether oxygens (including phenoxy) is 4. The van der Waals surface area contributed by atoms with Crippen molar-refractivity contribution in [3.05, 3.63) is 46.5 Å². The van der Waals surface area contributed by atoms with Crippen molar-refractivity contribution in [2.75, 3.05) is 27.6 Å². The molecule has 1 atom stereocenters. The van der Waals surface area contributed by atoms with Crippen molar-refractivity contribution in [1.82, 2.24) is 4.90 Å². The minimum absolute atomic E-state index is 0.206. The van der Waals surface area contributed by atoms with Crippen molar-refractivity contribution < 1.29 is 24.1 Å². The molecule has 1 N–H and O–H groups in total. The maximum atomic E-state index is 9.92. The number of fused-ring (bicyclic) bond motifs is 1. The van der Waals surface area contributed by atoms with Gasteiger partial charge in [-0.3, -0.25) is 4.90 Å². The normalized spacial score (nSPS) is 13.7. The molecular formula is C20H24ClNO5. The number of aliphatic hydroxyl groups is 1. The third-order valence-electron chi connectivity index (χ3n) is 4.31. The van der Waals surface area contributed by atoms with Crippen LogP contribution in [0.4, 0.5) is 0 Å². The van der Waals surface area contributed by atoms with Crippen molar-refractivity contribution in [3.63, 3.8) is 0 Å². The van der Waals surface area contributed by atoms with Gasteiger partial charge in [0.25, 0.3) is 0 Å². The highest BCUT2D eigenvalue weighted by Crippen LogP contribution is 2.37. The van der Waals surface area contributed by atoms with Crippen molar-refractivity contribution in [1.29, 1.82) is 0 Å². The van der Waals surface area contributed by atoms with Gasteiger partial charge < -0.3 is 24.1 Å². The van der Waals surface area contributed by atoms with E-state index in [1.807, 2.05) is 24.3 Å². The second-order valence-corrected chi connectivity index (χ2v) is 6.91. The largest absolute Gasteiger partial charge is 0.493 e. The van der Waals surface area contributed by atoms with E-state index in [1.54, 1.807) is 27.2 Å². The molecule has 1 aliphatic rings. The molecule has 0 saturated heterocycles. The van der Waals surface area contributed by atoms with E-state index < -0.39 is 6.10 Å². The summed E-state index contributed by atoms with van der Waals surface area (Å²) in [7, 11) is 3.22. The monoisotopic (exact) mass is 393 g/mol. The van der Waals surface area contributed by atoms with Gasteiger partial charge in [-0.1, -0.05) is 17.7 Å². The fourth-order valence-corrected chi connectivity index (χ4v) is 3.33. The van der Waals surface area contributed by atoms with E-state index in [1.165, 1.54) is 0 Å². The molecule has 0 unspecified atom stereocenters. The fraction of sp³-hybridized carbons (Fsp3) is 0.400. The van der Waals surface area contributed by atoms with Gasteiger partial charge in [-0.2, -0.15) is 0 Å². The third-order valence-corrected chi connectivity index (χ3v) is 4.66. The average Bonchev–Trinajstić information content (AvgIpc) is 3.08. The smallest absolute Gasteiger partial charge is 0.231 e. The van der Waals surface area contributed by atoms with E-state index >= 15 is 0 Å². The van der Waals surface area contributed by atoms with Crippen LogP contribution in [-0.2, 0) is 13.1 Å². The molecule has 0 amide bonds. The first kappa shape index (κ1) is 19.6. The van der Waals surface area contributed by atoms with Crippen molar-refractivity contribution in [2.45, 2.75) is 26.1 Å². The minimum atomic E-state index is -0.474. The first-order valence-corrected chi connectivity index (χ1v) is 9.07. The predicted molar refractivity (Wildman–Crippen MR) is 103 cm³/mol. The Labute approximate surface area is 164 Å². The van der Waals surface area contributed by atoms with Crippen LogP contribution >= 0.6 is 11.6 Å². The van der Waals surface area contributed by atoms with Gasteiger partial charge in [0.05, 0.1) is 20.3 Å². The maximum absolute atomic E-state index is 9.92. The Morgan fingerprint density at radius 3 is 2.44 bits per heavy atom. The summed E-state index contributed by atoms with van der Waals surface area (Å²) in [5.74, 6) is 2.71. The molecule has 0 aliphatic carbocycles. The number of nitrogens with zero attached hydrogens (tertiary/aromatic N) is 1. The van der Waals surface area contributed by atoms with E-state index in [0.717, 1.165) is 11.1 Å². The van der Waals surface area contributed by atoms with Crippen LogP contribution in [0.1, 0.15) is 18.1 Å². The lowest BCUT2D eigenvalue weighted by molar-refractivity contribution is 0.118. The Kier molecular flexibility index (Phi) is 6.31. The summed E-state index contributed by atoms with van der Waals surface area (Å²) in [5.41, 5.74) is 1.97. The van der Waals surface area contributed by atoms with Gasteiger partial charge in [-0.25, -0.2) is 0 Å². The lowest BCUT2D eigenvalue weighted by Crippen LogP contribution is -2.30. The van der Waals surface area contributed by atoms with Crippen molar-refractivity contribution in [2.24, 2.45) is 0 Å². The molecule has 3 rings (SSSR count). The molecule has 0 radical (unpaired) electrons. The molecule has 6 nitrogen and oxygen atoms in total. The lowest BCUT2D eigenvalue weighted by atomic mass is 10.1. The molecule has 0 saturated carbocycles. The van der Waals surface area contributed by atoms with Crippen molar-refractivity contribution >= 4 is 11.6 Å². The minimum Gasteiger partial charge on any atom is -0.493 e. The summed E-state index contributed by atoms with van der Waals surface area (Å²) < 4.78 is 21.5. The molecule has 1 aliphatic heterocycles. The number of aliphatic hydroxyl groups excluding tert-OH is 1. The Morgan fingerprint density at radius 2 is 1.78 bits per heavy atom. The highest BCUT2D eigenvalue weighted by atomic mass is 35.5. The first-order chi connectivity index (χ1) is 13.0. The second kappa shape index (κ2) is 8.69. The van der Waals surface area contributed by atoms with Crippen LogP contribution in [-0.4, -0.2) is 43.7 Å². The van der Waals surface area contributed by atoms with E-state index in [-0.39, 0.29) is 6.79 Å². The van der Waals surface area contributed by atoms with Crippen LogP contribution in [0.5, 0.6) is 23.0 Å². The summed E-state index contributed by atoms with van der Waals surface area (Å²) in [4.78, 5) is 2.12. The zero-order valence-electron chi connectivity index (χ0n) is 15.7. The van der Waals surface area contributed by atoms with E-state index in [9.17, 15) is 5.11 Å². The quantitative estimate of drug-likeness (QED) is 0.741. The second-order valence-electron chi connectivity index (χ2n) is 6.50. The number of hydrogen-bond donors (Lipinski definition) is 1. The lowest BCUT2D eigenvalue weighted by Gasteiger charge is -2.25. The standard InChI is InChI=1S/C20H24ClNO5/c1-13(23)9-22(10-14-4-5-17(24-2)18(6-14)25-3)11-15-7-19-20(8-16(15)21)27-12-26-19/h4-8,13,23H,9-12H2,1-3H3/t13-/m1/s1. The summed E-state index contributed by atoms with van der Waals surface area (Å²) >= 11 is 6.42. The van der Waals surface area contributed by atoms with E-state index in [4.69, 9.17) is 30.5 Å². The molecule has 0 bridgehead atoms. The Bertz CT molecular complexity index is 796. The van der Waals surface area contributed by atoms with Gasteiger partial charge in [-0.05, 0) is 36.2 Å². The molecule has 0 aromatic heterocycles. The summed E-state index contributed by atoms with van der Waals surface area (Å²) in [6.07, 6.45) is -0.474. The molecular weight excluding hydrogens is 370 g/mol. The van der Waals surface area contributed by atoms with Crippen LogP contribution in [0.2, 0.25) is 5.02 Å². The topological polar surface area (TPSA) is 60.4 Å². The SMILES string of the molecule is COc1ccc(CN(Cc2cc3c(cc2Cl)OCO3)C[C@@H](C)O)cc1OC. The van der Waals surface area contributed by atoms with Gasteiger partial charge in [0.15, 0.2) is 23.0 Å². The van der Waals surface area contributed by atoms with Gasteiger partial charge in [0.1, 0.15) is 0 Å². The van der Waals surface area contributed by atoms with Crippen LogP contribution in [0.25, 0.3) is 0 Å². The number of rotatable bonds is 8. The zero-order valence-corrected chi connectivity index (χ0v) is 16.5. The number of methoxy groups -OCH3 is 2. The van der Waals surface area contributed by atoms with Crippen molar-refractivity contribution in [3.8, 4) is 23.0 Å². The van der Waals surface area contributed by atoms with Gasteiger partial charge >= 0.3 is 0 Å². The maximum Gasteiger partial charge on any atom is 0.231 e. The average molecular weight is 394 g/mol. The third kappa shape index (κ3) is 4.77. The molecule has 0 spiro atoms. The summed E-state index contributed by atoms with van der Waals surface area (Å²) in [6.45, 7) is 3.66.